The molecule has 0 aromatic heterocycles. The highest BCUT2D eigenvalue weighted by molar-refractivity contribution is 6.13. The lowest BCUT2D eigenvalue weighted by molar-refractivity contribution is -0.123. The van der Waals surface area contributed by atoms with E-state index >= 15 is 0 Å². The maximum absolute atomic E-state index is 12.9. The number of carbonyl (C=O) groups excluding carboxylic acids is 3. The first-order valence-electron chi connectivity index (χ1n) is 13.1. The molecule has 0 bridgehead atoms. The summed E-state index contributed by atoms with van der Waals surface area (Å²) in [6.45, 7) is 2.15. The Morgan fingerprint density at radius 1 is 0.897 bits per heavy atom. The van der Waals surface area contributed by atoms with E-state index in [1.165, 1.54) is 11.3 Å². The van der Waals surface area contributed by atoms with Gasteiger partial charge in [-0.2, -0.15) is 0 Å². The third-order valence-corrected chi connectivity index (χ3v) is 6.88. The Balaban J connectivity index is 1.22. The second-order valence-electron chi connectivity index (χ2n) is 9.61. The van der Waals surface area contributed by atoms with Gasteiger partial charge in [0.25, 0.3) is 11.8 Å². The summed E-state index contributed by atoms with van der Waals surface area (Å²) in [4.78, 5) is 41.1. The molecule has 8 heteroatoms. The number of nitrogens with one attached hydrogen (secondary N) is 1. The number of benzene rings is 3. The minimum atomic E-state index is -0.453. The highest BCUT2D eigenvalue weighted by Crippen LogP contribution is 2.30. The lowest BCUT2D eigenvalue weighted by atomic mass is 10.1. The zero-order valence-corrected chi connectivity index (χ0v) is 21.9. The molecule has 0 aliphatic carbocycles. The fraction of sp³-hybridized carbons (Fsp3) is 0.258. The first-order chi connectivity index (χ1) is 19.0. The molecule has 3 aromatic rings. The van der Waals surface area contributed by atoms with Crippen LogP contribution in [0.2, 0.25) is 0 Å². The van der Waals surface area contributed by atoms with Crippen LogP contribution in [0.15, 0.2) is 78.5 Å². The molecule has 2 aliphatic rings. The molecule has 200 valence electrons. The highest BCUT2D eigenvalue weighted by atomic mass is 16.5. The van der Waals surface area contributed by atoms with Crippen molar-refractivity contribution < 1.29 is 23.9 Å². The van der Waals surface area contributed by atoms with Gasteiger partial charge in [0.05, 0.1) is 13.7 Å². The van der Waals surface area contributed by atoms with Gasteiger partial charge in [-0.3, -0.25) is 14.5 Å². The third kappa shape index (κ3) is 6.12. The summed E-state index contributed by atoms with van der Waals surface area (Å²) in [6.07, 6.45) is 4.93. The van der Waals surface area contributed by atoms with Gasteiger partial charge in [0.2, 0.25) is 0 Å². The fourth-order valence-corrected chi connectivity index (χ4v) is 4.73. The second kappa shape index (κ2) is 11.9. The van der Waals surface area contributed by atoms with E-state index in [-0.39, 0.29) is 24.1 Å². The Labute approximate surface area is 227 Å². The number of piperidine rings is 1. The molecule has 0 unspecified atom stereocenters. The van der Waals surface area contributed by atoms with Crippen LogP contribution in [0, 0.1) is 0 Å². The number of urea groups is 1. The molecule has 39 heavy (non-hydrogen) atoms. The SMILES string of the molecule is COc1cc(/C=C2\NC(=O)N(Cc3ccccc3)C2=O)ccc1OCc1ccc(C(=O)N2CCCCC2)cc1. The van der Waals surface area contributed by atoms with Crippen molar-refractivity contribution in [2.75, 3.05) is 20.2 Å². The van der Waals surface area contributed by atoms with E-state index in [1.54, 1.807) is 31.4 Å². The molecular formula is C31H31N3O5. The van der Waals surface area contributed by atoms with Crippen molar-refractivity contribution in [2.24, 2.45) is 0 Å². The Hall–Kier alpha value is -4.59. The van der Waals surface area contributed by atoms with Crippen LogP contribution in [0.4, 0.5) is 4.79 Å². The van der Waals surface area contributed by atoms with Crippen molar-refractivity contribution in [3.05, 3.63) is 101 Å². The van der Waals surface area contributed by atoms with Crippen LogP contribution in [0.3, 0.4) is 0 Å². The van der Waals surface area contributed by atoms with Gasteiger partial charge >= 0.3 is 6.03 Å². The average Bonchev–Trinajstić information content (AvgIpc) is 3.24. The molecule has 2 saturated heterocycles. The minimum absolute atomic E-state index is 0.0775. The number of nitrogens with zero attached hydrogens (tertiary/aromatic N) is 2. The number of ether oxygens (including phenoxy) is 2. The van der Waals surface area contributed by atoms with Crippen LogP contribution >= 0.6 is 0 Å². The zero-order valence-electron chi connectivity index (χ0n) is 21.9. The molecule has 2 fully saturated rings. The van der Waals surface area contributed by atoms with E-state index in [9.17, 15) is 14.4 Å². The van der Waals surface area contributed by atoms with Gasteiger partial charge in [-0.1, -0.05) is 48.5 Å². The van der Waals surface area contributed by atoms with Gasteiger partial charge < -0.3 is 19.7 Å². The summed E-state index contributed by atoms with van der Waals surface area (Å²) in [6, 6.07) is 21.7. The van der Waals surface area contributed by atoms with E-state index in [2.05, 4.69) is 5.32 Å². The van der Waals surface area contributed by atoms with E-state index in [1.807, 2.05) is 59.5 Å². The van der Waals surface area contributed by atoms with Gasteiger partial charge in [0.15, 0.2) is 11.5 Å². The summed E-state index contributed by atoms with van der Waals surface area (Å²) in [7, 11) is 1.55. The quantitative estimate of drug-likeness (QED) is 0.331. The van der Waals surface area contributed by atoms with Crippen molar-refractivity contribution in [2.45, 2.75) is 32.4 Å². The van der Waals surface area contributed by atoms with E-state index in [0.29, 0.717) is 29.2 Å². The number of likely N-dealkylation sites (tertiary alicyclic amines) is 1. The molecule has 0 saturated carbocycles. The van der Waals surface area contributed by atoms with Crippen LogP contribution in [0.1, 0.15) is 46.3 Å². The molecule has 5 rings (SSSR count). The topological polar surface area (TPSA) is 88.2 Å². The van der Waals surface area contributed by atoms with Gasteiger partial charge in [-0.05, 0) is 66.3 Å². The molecular weight excluding hydrogens is 494 g/mol. The van der Waals surface area contributed by atoms with Crippen LogP contribution in [0.5, 0.6) is 11.5 Å². The third-order valence-electron chi connectivity index (χ3n) is 6.88. The van der Waals surface area contributed by atoms with Crippen LogP contribution in [-0.4, -0.2) is 47.8 Å². The lowest BCUT2D eigenvalue weighted by Gasteiger charge is -2.26. The normalized spacial score (nSPS) is 16.4. The summed E-state index contributed by atoms with van der Waals surface area (Å²) in [5.41, 5.74) is 3.37. The van der Waals surface area contributed by atoms with Crippen molar-refractivity contribution in [1.82, 2.24) is 15.1 Å². The monoisotopic (exact) mass is 525 g/mol. The molecule has 1 N–H and O–H groups in total. The summed E-state index contributed by atoms with van der Waals surface area (Å²) in [5.74, 6) is 0.735. The first-order valence-corrected chi connectivity index (χ1v) is 13.1. The number of hydrogen-bond acceptors (Lipinski definition) is 5. The molecule has 2 aliphatic heterocycles. The van der Waals surface area contributed by atoms with Gasteiger partial charge in [-0.25, -0.2) is 4.79 Å². The maximum Gasteiger partial charge on any atom is 0.329 e. The van der Waals surface area contributed by atoms with Gasteiger partial charge in [-0.15, -0.1) is 0 Å². The molecule has 2 heterocycles. The van der Waals surface area contributed by atoms with E-state index < -0.39 is 6.03 Å². The second-order valence-corrected chi connectivity index (χ2v) is 9.61. The Morgan fingerprint density at radius 3 is 2.36 bits per heavy atom. The van der Waals surface area contributed by atoms with Crippen LogP contribution < -0.4 is 14.8 Å². The standard InChI is InChI=1S/C31H31N3O5/c1-38-28-19-24(18-26-30(36)34(31(37)32-26)20-22-8-4-2-5-9-22)12-15-27(28)39-21-23-10-13-25(14-11-23)29(35)33-16-6-3-7-17-33/h2,4-5,8-15,18-19H,3,6-7,16-17,20-21H2,1H3,(H,32,37)/b26-18-. The van der Waals surface area contributed by atoms with Gasteiger partial charge in [0, 0.05) is 18.7 Å². The summed E-state index contributed by atoms with van der Waals surface area (Å²) >= 11 is 0. The number of hydrogen-bond donors (Lipinski definition) is 1. The van der Waals surface area contributed by atoms with Gasteiger partial charge in [0.1, 0.15) is 12.3 Å². The molecule has 0 radical (unpaired) electrons. The Morgan fingerprint density at radius 2 is 1.64 bits per heavy atom. The number of methoxy groups -OCH3 is 1. The number of imide groups is 1. The largest absolute Gasteiger partial charge is 0.493 e. The molecule has 8 nitrogen and oxygen atoms in total. The minimum Gasteiger partial charge on any atom is -0.493 e. The van der Waals surface area contributed by atoms with Crippen LogP contribution in [0.25, 0.3) is 6.08 Å². The number of amides is 4. The number of carbonyl (C=O) groups is 3. The Kier molecular flexibility index (Phi) is 7.91. The Bertz CT molecular complexity index is 1380. The van der Waals surface area contributed by atoms with Crippen LogP contribution in [-0.2, 0) is 17.9 Å². The predicted octanol–water partition coefficient (Wildman–Crippen LogP) is 4.99. The van der Waals surface area contributed by atoms with E-state index in [0.717, 1.165) is 37.1 Å². The molecule has 4 amide bonds. The molecule has 0 spiro atoms. The zero-order chi connectivity index (χ0) is 27.2. The molecule has 0 atom stereocenters. The van der Waals surface area contributed by atoms with Crippen molar-refractivity contribution in [3.8, 4) is 11.5 Å². The maximum atomic E-state index is 12.9. The lowest BCUT2D eigenvalue weighted by Crippen LogP contribution is -2.35. The number of rotatable bonds is 8. The van der Waals surface area contributed by atoms with Crippen molar-refractivity contribution in [1.29, 1.82) is 0 Å². The van der Waals surface area contributed by atoms with E-state index in [4.69, 9.17) is 9.47 Å². The average molecular weight is 526 g/mol. The summed E-state index contributed by atoms with van der Waals surface area (Å²) < 4.78 is 11.5. The summed E-state index contributed by atoms with van der Waals surface area (Å²) in [5, 5.41) is 2.65. The van der Waals surface area contributed by atoms with Crippen molar-refractivity contribution >= 4 is 23.9 Å². The fourth-order valence-electron chi connectivity index (χ4n) is 4.73. The van der Waals surface area contributed by atoms with Crippen molar-refractivity contribution in [3.63, 3.8) is 0 Å². The first kappa shape index (κ1) is 26.0. The predicted molar refractivity (Wildman–Crippen MR) is 147 cm³/mol. The smallest absolute Gasteiger partial charge is 0.329 e. The highest BCUT2D eigenvalue weighted by Gasteiger charge is 2.33. The molecule has 3 aromatic carbocycles.